The minimum absolute atomic E-state index is 0.0836. The van der Waals surface area contributed by atoms with E-state index in [9.17, 15) is 4.79 Å². The average molecular weight is 479 g/mol. The van der Waals surface area contributed by atoms with E-state index in [0.29, 0.717) is 5.02 Å². The van der Waals surface area contributed by atoms with Crippen LogP contribution in [0.15, 0.2) is 58.4 Å². The van der Waals surface area contributed by atoms with Gasteiger partial charge in [-0.25, -0.2) is 4.99 Å². The fourth-order valence-electron chi connectivity index (χ4n) is 6.78. The number of halogens is 1. The molecule has 2 aromatic rings. The molecule has 0 aromatic heterocycles. The second-order valence-electron chi connectivity index (χ2n) is 10.0. The van der Waals surface area contributed by atoms with Crippen LogP contribution in [0.5, 0.6) is 5.75 Å². The number of ether oxygens (including phenoxy) is 1. The van der Waals surface area contributed by atoms with Gasteiger partial charge in [0.05, 0.1) is 23.2 Å². The van der Waals surface area contributed by atoms with E-state index >= 15 is 0 Å². The summed E-state index contributed by atoms with van der Waals surface area (Å²) in [5, 5.41) is 1.51. The van der Waals surface area contributed by atoms with Gasteiger partial charge in [0, 0.05) is 5.02 Å². The number of thioether (sulfide) groups is 1. The van der Waals surface area contributed by atoms with Crippen molar-refractivity contribution in [2.24, 2.45) is 22.7 Å². The first kappa shape index (κ1) is 21.3. The molecule has 1 saturated heterocycles. The molecule has 1 heterocycles. The molecule has 2 aromatic carbocycles. The zero-order valence-corrected chi connectivity index (χ0v) is 20.2. The van der Waals surface area contributed by atoms with Crippen LogP contribution < -0.4 is 4.74 Å². The molecule has 6 heteroatoms. The Labute approximate surface area is 204 Å². The fourth-order valence-corrected chi connectivity index (χ4v) is 8.00. The number of aliphatic imine (C=N–C) groups is 1. The summed E-state index contributed by atoms with van der Waals surface area (Å²) in [5.41, 5.74) is 1.74. The summed E-state index contributed by atoms with van der Waals surface area (Å²) in [4.78, 5) is 21.7. The number of nitrogens with zero attached hydrogens (tertiary/aromatic N) is 2. The first-order valence-electron chi connectivity index (χ1n) is 11.7. The number of amidine groups is 1. The number of hydrogen-bond donors (Lipinski definition) is 0. The number of rotatable bonds is 4. The molecule has 170 valence electrons. The maximum Gasteiger partial charge on any atom is 0.267 e. The molecule has 0 radical (unpaired) electrons. The average Bonchev–Trinajstić information content (AvgIpc) is 3.10. The lowest BCUT2D eigenvalue weighted by atomic mass is 9.52. The maximum absolute atomic E-state index is 13.9. The van der Waals surface area contributed by atoms with Crippen molar-refractivity contribution in [3.05, 3.63) is 64.0 Å². The lowest BCUT2D eigenvalue weighted by molar-refractivity contribution is -0.135. The molecule has 0 unspecified atom stereocenters. The van der Waals surface area contributed by atoms with E-state index in [1.165, 1.54) is 31.0 Å². The monoisotopic (exact) mass is 478 g/mol. The highest BCUT2D eigenvalue weighted by atomic mass is 35.5. The zero-order valence-electron chi connectivity index (χ0n) is 18.7. The number of methoxy groups -OCH3 is 1. The van der Waals surface area contributed by atoms with Gasteiger partial charge in [0.1, 0.15) is 5.75 Å². The molecule has 0 atom stereocenters. The molecule has 4 saturated carbocycles. The Hall–Kier alpha value is -2.24. The number of benzene rings is 2. The maximum atomic E-state index is 13.9. The van der Waals surface area contributed by atoms with E-state index in [4.69, 9.17) is 21.3 Å². The first-order chi connectivity index (χ1) is 16.0. The third-order valence-corrected chi connectivity index (χ3v) is 8.97. The summed E-state index contributed by atoms with van der Waals surface area (Å²) in [6, 6.07) is 15.4. The van der Waals surface area contributed by atoms with Gasteiger partial charge in [-0.2, -0.15) is 0 Å². The zero-order chi connectivity index (χ0) is 22.6. The van der Waals surface area contributed by atoms with Crippen LogP contribution in [0.4, 0.5) is 5.69 Å². The molecule has 5 fully saturated rings. The van der Waals surface area contributed by atoms with Gasteiger partial charge >= 0.3 is 0 Å². The quantitative estimate of drug-likeness (QED) is 0.448. The summed E-state index contributed by atoms with van der Waals surface area (Å²) in [7, 11) is 1.66. The smallest absolute Gasteiger partial charge is 0.267 e. The Kier molecular flexibility index (Phi) is 5.30. The molecule has 0 N–H and O–H groups in total. The fraction of sp³-hybridized carbons (Fsp3) is 0.407. The summed E-state index contributed by atoms with van der Waals surface area (Å²) >= 11 is 7.57. The van der Waals surface area contributed by atoms with Crippen molar-refractivity contribution in [3.63, 3.8) is 0 Å². The molecule has 4 aliphatic carbocycles. The minimum Gasteiger partial charge on any atom is -0.497 e. The molecule has 0 spiro atoms. The molecule has 4 nitrogen and oxygen atoms in total. The lowest BCUT2D eigenvalue weighted by Crippen LogP contribution is -2.61. The normalized spacial score (nSPS) is 32.8. The van der Waals surface area contributed by atoms with Gasteiger partial charge < -0.3 is 4.74 Å². The molecular formula is C27H27ClN2O2S. The second-order valence-corrected chi connectivity index (χ2v) is 11.5. The van der Waals surface area contributed by atoms with Crippen LogP contribution in [0.1, 0.15) is 44.1 Å². The van der Waals surface area contributed by atoms with Crippen molar-refractivity contribution in [1.82, 2.24) is 4.90 Å². The van der Waals surface area contributed by atoms with Crippen molar-refractivity contribution < 1.29 is 9.53 Å². The lowest BCUT2D eigenvalue weighted by Gasteiger charge is -2.59. The summed E-state index contributed by atoms with van der Waals surface area (Å²) < 4.78 is 5.30. The van der Waals surface area contributed by atoms with Crippen molar-refractivity contribution >= 4 is 46.2 Å². The van der Waals surface area contributed by atoms with Crippen LogP contribution in [-0.4, -0.2) is 28.6 Å². The van der Waals surface area contributed by atoms with Gasteiger partial charge in [-0.1, -0.05) is 23.7 Å². The Bertz CT molecular complexity index is 1100. The van der Waals surface area contributed by atoms with Crippen LogP contribution in [0, 0.1) is 17.8 Å². The molecule has 7 rings (SSSR count). The molecule has 33 heavy (non-hydrogen) atoms. The Morgan fingerprint density at radius 1 is 1.00 bits per heavy atom. The van der Waals surface area contributed by atoms with Gasteiger partial charge in [-0.15, -0.1) is 0 Å². The standard InChI is InChI=1S/C27H27ClN2O2S/c1-32-23-8-6-22(7-9-23)29-26-30(27-14-18-10-19(15-27)12-20(11-18)16-27)25(31)24(33-26)13-17-2-4-21(28)5-3-17/h2-9,13,18-20H,10-12,14-16H2,1H3/b24-13+,29-26?. The van der Waals surface area contributed by atoms with Crippen molar-refractivity contribution in [2.45, 2.75) is 44.1 Å². The van der Waals surface area contributed by atoms with E-state index in [1.54, 1.807) is 7.11 Å². The van der Waals surface area contributed by atoms with Crippen molar-refractivity contribution in [2.75, 3.05) is 7.11 Å². The minimum atomic E-state index is -0.0836. The highest BCUT2D eigenvalue weighted by Gasteiger charge is 2.57. The number of carbonyl (C=O) groups is 1. The number of hydrogen-bond acceptors (Lipinski definition) is 4. The Balaban J connectivity index is 1.40. The predicted molar refractivity (Wildman–Crippen MR) is 135 cm³/mol. The van der Waals surface area contributed by atoms with Gasteiger partial charge in [0.25, 0.3) is 5.91 Å². The molecular weight excluding hydrogens is 452 g/mol. The first-order valence-corrected chi connectivity index (χ1v) is 12.9. The van der Waals surface area contributed by atoms with Gasteiger partial charge in [-0.05, 0) is 116 Å². The van der Waals surface area contributed by atoms with E-state index < -0.39 is 0 Å². The Morgan fingerprint density at radius 3 is 2.18 bits per heavy atom. The highest BCUT2D eigenvalue weighted by Crippen LogP contribution is 2.59. The van der Waals surface area contributed by atoms with Crippen LogP contribution in [0.25, 0.3) is 6.08 Å². The van der Waals surface area contributed by atoms with E-state index in [1.807, 2.05) is 54.6 Å². The SMILES string of the molecule is COc1ccc(N=C2S/C(=C/c3ccc(Cl)cc3)C(=O)N2C23CC4CC(CC(C4)C2)C3)cc1. The molecule has 4 bridgehead atoms. The van der Waals surface area contributed by atoms with Gasteiger partial charge in [-0.3, -0.25) is 9.69 Å². The van der Waals surface area contributed by atoms with Crippen molar-refractivity contribution in [1.29, 1.82) is 0 Å². The highest BCUT2D eigenvalue weighted by molar-refractivity contribution is 8.18. The summed E-state index contributed by atoms with van der Waals surface area (Å²) in [6.45, 7) is 0. The van der Waals surface area contributed by atoms with Gasteiger partial charge in [0.2, 0.25) is 0 Å². The second kappa shape index (κ2) is 8.21. The topological polar surface area (TPSA) is 41.9 Å². The van der Waals surface area contributed by atoms with Crippen LogP contribution in [-0.2, 0) is 4.79 Å². The van der Waals surface area contributed by atoms with Gasteiger partial charge in [0.15, 0.2) is 5.17 Å². The third kappa shape index (κ3) is 3.89. The Morgan fingerprint density at radius 2 is 1.61 bits per heavy atom. The van der Waals surface area contributed by atoms with E-state index in [-0.39, 0.29) is 11.4 Å². The summed E-state index contributed by atoms with van der Waals surface area (Å²) in [5.74, 6) is 3.15. The van der Waals surface area contributed by atoms with E-state index in [2.05, 4.69) is 4.90 Å². The molecule has 1 aliphatic heterocycles. The predicted octanol–water partition coefficient (Wildman–Crippen LogP) is 6.92. The number of carbonyl (C=O) groups excluding carboxylic acids is 1. The van der Waals surface area contributed by atoms with Crippen LogP contribution >= 0.6 is 23.4 Å². The van der Waals surface area contributed by atoms with Crippen molar-refractivity contribution in [3.8, 4) is 5.75 Å². The largest absolute Gasteiger partial charge is 0.497 e. The number of amides is 1. The molecule has 1 amide bonds. The van der Waals surface area contributed by atoms with Crippen LogP contribution in [0.2, 0.25) is 5.02 Å². The summed E-state index contributed by atoms with van der Waals surface area (Å²) in [6.07, 6.45) is 9.34. The third-order valence-electron chi connectivity index (χ3n) is 7.75. The van der Waals surface area contributed by atoms with E-state index in [0.717, 1.165) is 64.1 Å². The molecule has 5 aliphatic rings. The van der Waals surface area contributed by atoms with Crippen LogP contribution in [0.3, 0.4) is 0 Å².